The van der Waals surface area contributed by atoms with E-state index in [1.165, 1.54) is 5.56 Å². The molecule has 5 nitrogen and oxygen atoms in total. The summed E-state index contributed by atoms with van der Waals surface area (Å²) >= 11 is 0. The highest BCUT2D eigenvalue weighted by Crippen LogP contribution is 2.49. The van der Waals surface area contributed by atoms with Crippen molar-refractivity contribution in [1.82, 2.24) is 10.2 Å². The number of carbonyl (C=O) groups is 1. The lowest BCUT2D eigenvalue weighted by atomic mass is 9.75. The van der Waals surface area contributed by atoms with E-state index in [-0.39, 0.29) is 18.5 Å². The van der Waals surface area contributed by atoms with Crippen molar-refractivity contribution in [2.75, 3.05) is 6.61 Å². The molecule has 0 radical (unpaired) electrons. The van der Waals surface area contributed by atoms with E-state index in [4.69, 9.17) is 9.73 Å². The number of H-pyrrole nitrogens is 1. The minimum Gasteiger partial charge on any atom is -0.459 e. The fourth-order valence-corrected chi connectivity index (χ4v) is 4.71. The van der Waals surface area contributed by atoms with Crippen LogP contribution in [0.15, 0.2) is 71.7 Å². The highest BCUT2D eigenvalue weighted by atomic mass is 16.5. The predicted molar refractivity (Wildman–Crippen MR) is 116 cm³/mol. The van der Waals surface area contributed by atoms with E-state index in [0.29, 0.717) is 5.82 Å². The van der Waals surface area contributed by atoms with Crippen LogP contribution in [0.5, 0.6) is 0 Å². The number of nitrogens with zero attached hydrogens (tertiary/aromatic N) is 2. The molecule has 1 N–H and O–H groups in total. The maximum absolute atomic E-state index is 12.8. The molecule has 0 aliphatic carbocycles. The van der Waals surface area contributed by atoms with Gasteiger partial charge in [-0.1, -0.05) is 72.3 Å². The minimum absolute atomic E-state index is 0.205. The van der Waals surface area contributed by atoms with E-state index in [1.807, 2.05) is 12.1 Å². The van der Waals surface area contributed by atoms with E-state index in [2.05, 4.69) is 71.7 Å². The monoisotopic (exact) mass is 393 g/mol. The van der Waals surface area contributed by atoms with Gasteiger partial charge in [-0.25, -0.2) is 4.99 Å². The van der Waals surface area contributed by atoms with Crippen LogP contribution in [0.2, 0.25) is 0 Å². The Hall–Kier alpha value is -3.73. The van der Waals surface area contributed by atoms with Gasteiger partial charge in [-0.2, -0.15) is 5.10 Å². The number of rotatable bonds is 2. The highest BCUT2D eigenvalue weighted by molar-refractivity contribution is 6.11. The smallest absolute Gasteiger partial charge is 0.316 e. The normalized spacial score (nSPS) is 19.9. The predicted octanol–water partition coefficient (Wildman–Crippen LogP) is 4.93. The summed E-state index contributed by atoms with van der Waals surface area (Å²) in [6, 6.07) is 22.9. The van der Waals surface area contributed by atoms with Crippen molar-refractivity contribution in [2.45, 2.75) is 12.8 Å². The molecule has 1 saturated heterocycles. The molecule has 0 amide bonds. The zero-order valence-corrected chi connectivity index (χ0v) is 16.4. The lowest BCUT2D eigenvalue weighted by Crippen LogP contribution is -2.28. The maximum atomic E-state index is 12.8. The molecule has 0 saturated carbocycles. The van der Waals surface area contributed by atoms with Crippen LogP contribution in [-0.4, -0.2) is 28.5 Å². The molecule has 0 spiro atoms. The van der Waals surface area contributed by atoms with Crippen LogP contribution in [0.4, 0.5) is 5.82 Å². The Morgan fingerprint density at radius 3 is 2.63 bits per heavy atom. The number of hydrogen-bond acceptors (Lipinski definition) is 4. The fourth-order valence-electron chi connectivity index (χ4n) is 4.71. The molecule has 2 aliphatic heterocycles. The molecule has 30 heavy (non-hydrogen) atoms. The molecule has 1 fully saturated rings. The molecule has 2 unspecified atom stereocenters. The first-order chi connectivity index (χ1) is 14.7. The van der Waals surface area contributed by atoms with Gasteiger partial charge in [0.05, 0.1) is 11.4 Å². The van der Waals surface area contributed by atoms with Gasteiger partial charge in [-0.3, -0.25) is 9.89 Å². The Kier molecular flexibility index (Phi) is 3.65. The summed E-state index contributed by atoms with van der Waals surface area (Å²) in [5, 5.41) is 9.99. The first-order valence-electron chi connectivity index (χ1n) is 10.1. The average Bonchev–Trinajstić information content (AvgIpc) is 3.36. The summed E-state index contributed by atoms with van der Waals surface area (Å²) < 4.78 is 5.42. The fraction of sp³-hybridized carbons (Fsp3) is 0.160. The van der Waals surface area contributed by atoms with E-state index >= 15 is 0 Å². The van der Waals surface area contributed by atoms with Crippen LogP contribution in [0.3, 0.4) is 0 Å². The molecule has 2 aliphatic rings. The number of aryl methyl sites for hydroxylation is 1. The zero-order chi connectivity index (χ0) is 20.2. The third-order valence-corrected chi connectivity index (χ3v) is 6.15. The van der Waals surface area contributed by atoms with Crippen LogP contribution in [-0.2, 0) is 9.53 Å². The molecule has 4 aromatic rings. The second kappa shape index (κ2) is 6.39. The van der Waals surface area contributed by atoms with Crippen LogP contribution < -0.4 is 0 Å². The van der Waals surface area contributed by atoms with Crippen LogP contribution >= 0.6 is 0 Å². The SMILES string of the molecule is Cc1ccc(-c2[nH]nc3c2C(c2cccc4ccccc24)C2C(=O)OCC2=N3)cc1. The summed E-state index contributed by atoms with van der Waals surface area (Å²) in [7, 11) is 0. The van der Waals surface area contributed by atoms with Gasteiger partial charge in [-0.05, 0) is 28.8 Å². The van der Waals surface area contributed by atoms with Gasteiger partial charge >= 0.3 is 5.97 Å². The number of aliphatic imine (C=N–C) groups is 1. The molecule has 1 aromatic heterocycles. The Bertz CT molecular complexity index is 1330. The number of nitrogens with one attached hydrogen (secondary N) is 1. The van der Waals surface area contributed by atoms with Gasteiger partial charge in [0.2, 0.25) is 0 Å². The largest absolute Gasteiger partial charge is 0.459 e. The quantitative estimate of drug-likeness (QED) is 0.491. The van der Waals surface area contributed by atoms with E-state index in [1.54, 1.807) is 0 Å². The number of ether oxygens (including phenoxy) is 1. The summed E-state index contributed by atoms with van der Waals surface area (Å²) in [5.74, 6) is -0.199. The van der Waals surface area contributed by atoms with Gasteiger partial charge < -0.3 is 4.74 Å². The molecule has 0 bridgehead atoms. The molecule has 5 heteroatoms. The van der Waals surface area contributed by atoms with E-state index in [0.717, 1.165) is 38.9 Å². The first kappa shape index (κ1) is 17.2. The van der Waals surface area contributed by atoms with Crippen LogP contribution in [0.1, 0.15) is 22.6 Å². The minimum atomic E-state index is -0.426. The number of aromatic nitrogens is 2. The molecular formula is C25H19N3O2. The van der Waals surface area contributed by atoms with Gasteiger partial charge in [0.15, 0.2) is 5.82 Å². The lowest BCUT2D eigenvalue weighted by Gasteiger charge is -2.27. The highest BCUT2D eigenvalue weighted by Gasteiger charge is 2.47. The van der Waals surface area contributed by atoms with Gasteiger partial charge in [0, 0.05) is 11.5 Å². The van der Waals surface area contributed by atoms with E-state index in [9.17, 15) is 4.79 Å². The van der Waals surface area contributed by atoms with Gasteiger partial charge in [-0.15, -0.1) is 0 Å². The molecule has 6 rings (SSSR count). The lowest BCUT2D eigenvalue weighted by molar-refractivity contribution is -0.141. The molecular weight excluding hydrogens is 374 g/mol. The topological polar surface area (TPSA) is 67.3 Å². The average molecular weight is 393 g/mol. The Morgan fingerprint density at radius 1 is 0.967 bits per heavy atom. The second-order valence-corrected chi connectivity index (χ2v) is 7.94. The number of aromatic amines is 1. The van der Waals surface area contributed by atoms with Crippen LogP contribution in [0.25, 0.3) is 22.0 Å². The van der Waals surface area contributed by atoms with Gasteiger partial charge in [0.1, 0.15) is 12.5 Å². The number of hydrogen-bond donors (Lipinski definition) is 1. The zero-order valence-electron chi connectivity index (χ0n) is 16.4. The number of cyclic esters (lactones) is 1. The summed E-state index contributed by atoms with van der Waals surface area (Å²) in [6.45, 7) is 2.30. The summed E-state index contributed by atoms with van der Waals surface area (Å²) in [4.78, 5) is 17.5. The Balaban J connectivity index is 1.64. The van der Waals surface area contributed by atoms with Gasteiger partial charge in [0.25, 0.3) is 0 Å². The van der Waals surface area contributed by atoms with Crippen molar-refractivity contribution in [3.8, 4) is 11.3 Å². The van der Waals surface area contributed by atoms with Crippen LogP contribution in [0, 0.1) is 12.8 Å². The summed E-state index contributed by atoms with van der Waals surface area (Å²) in [5.41, 5.74) is 5.95. The van der Waals surface area contributed by atoms with Crippen molar-refractivity contribution in [3.05, 3.63) is 83.4 Å². The van der Waals surface area contributed by atoms with Crippen molar-refractivity contribution in [1.29, 1.82) is 0 Å². The standard InChI is InChI=1S/C25H19N3O2/c1-14-9-11-16(12-10-14)23-22-20(18-8-4-6-15-5-2-3-7-17(15)18)21-19(13-30-25(21)29)26-24(22)28-27-23/h2-12,20-21H,13H2,1H3,(H,27,28). The molecule has 146 valence electrons. The number of fused-ring (bicyclic) bond motifs is 3. The maximum Gasteiger partial charge on any atom is 0.316 e. The van der Waals surface area contributed by atoms with Crippen molar-refractivity contribution < 1.29 is 9.53 Å². The molecule has 3 heterocycles. The van der Waals surface area contributed by atoms with E-state index < -0.39 is 5.92 Å². The van der Waals surface area contributed by atoms with Crippen molar-refractivity contribution >= 4 is 28.3 Å². The van der Waals surface area contributed by atoms with Crippen molar-refractivity contribution in [3.63, 3.8) is 0 Å². The van der Waals surface area contributed by atoms with Crippen molar-refractivity contribution in [2.24, 2.45) is 10.9 Å². The number of benzene rings is 3. The number of esters is 1. The number of carbonyl (C=O) groups excluding carboxylic acids is 1. The third-order valence-electron chi connectivity index (χ3n) is 6.15. The molecule has 2 atom stereocenters. The third kappa shape index (κ3) is 2.45. The first-order valence-corrected chi connectivity index (χ1v) is 10.1. The summed E-state index contributed by atoms with van der Waals surface area (Å²) in [6.07, 6.45) is 0. The Morgan fingerprint density at radius 2 is 1.77 bits per heavy atom. The molecule has 3 aromatic carbocycles. The second-order valence-electron chi connectivity index (χ2n) is 7.94. The Labute approximate surface area is 173 Å².